The molecular formula is C13H12F3N3O3. The molecule has 0 atom stereocenters. The lowest BCUT2D eigenvalue weighted by Crippen LogP contribution is -2.20. The Morgan fingerprint density at radius 3 is 2.77 bits per heavy atom. The van der Waals surface area contributed by atoms with Crippen molar-refractivity contribution in [3.8, 4) is 5.88 Å². The minimum atomic E-state index is -4.47. The Morgan fingerprint density at radius 1 is 1.27 bits per heavy atom. The summed E-state index contributed by atoms with van der Waals surface area (Å²) in [5.74, 6) is -1.04. The topological polar surface area (TPSA) is 66.2 Å². The van der Waals surface area contributed by atoms with E-state index in [1.807, 2.05) is 0 Å². The third kappa shape index (κ3) is 5.08. The zero-order valence-corrected chi connectivity index (χ0v) is 11.3. The molecule has 0 aliphatic carbocycles. The van der Waals surface area contributed by atoms with Gasteiger partial charge in [0.2, 0.25) is 5.88 Å². The van der Waals surface area contributed by atoms with Crippen LogP contribution in [0, 0.1) is 0 Å². The van der Waals surface area contributed by atoms with Crippen LogP contribution < -0.4 is 4.74 Å². The summed E-state index contributed by atoms with van der Waals surface area (Å²) >= 11 is 0. The summed E-state index contributed by atoms with van der Waals surface area (Å²) in [6, 6.07) is 5.65. The summed E-state index contributed by atoms with van der Waals surface area (Å²) in [7, 11) is 0. The zero-order chi connectivity index (χ0) is 16.0. The molecule has 6 nitrogen and oxygen atoms in total. The monoisotopic (exact) mass is 315 g/mol. The molecule has 2 aromatic heterocycles. The van der Waals surface area contributed by atoms with Gasteiger partial charge in [0, 0.05) is 18.5 Å². The van der Waals surface area contributed by atoms with Gasteiger partial charge in [0.25, 0.3) is 0 Å². The number of halogens is 3. The van der Waals surface area contributed by atoms with Crippen LogP contribution in [-0.2, 0) is 11.3 Å². The molecule has 2 heterocycles. The molecule has 118 valence electrons. The first-order valence-corrected chi connectivity index (χ1v) is 6.25. The average molecular weight is 315 g/mol. The number of nitrogens with zero attached hydrogens (tertiary/aromatic N) is 3. The Kier molecular flexibility index (Phi) is 4.97. The number of hydrogen-bond acceptors (Lipinski definition) is 5. The fourth-order valence-electron chi connectivity index (χ4n) is 1.50. The van der Waals surface area contributed by atoms with E-state index in [-0.39, 0.29) is 18.2 Å². The highest BCUT2D eigenvalue weighted by Gasteiger charge is 2.28. The van der Waals surface area contributed by atoms with Crippen molar-refractivity contribution in [3.63, 3.8) is 0 Å². The maximum absolute atomic E-state index is 12.0. The molecule has 0 unspecified atom stereocenters. The van der Waals surface area contributed by atoms with Crippen molar-refractivity contribution in [2.24, 2.45) is 0 Å². The van der Waals surface area contributed by atoms with Gasteiger partial charge in [-0.3, -0.25) is 4.68 Å². The third-order valence-corrected chi connectivity index (χ3v) is 2.43. The van der Waals surface area contributed by atoms with Crippen molar-refractivity contribution < 1.29 is 27.4 Å². The van der Waals surface area contributed by atoms with Gasteiger partial charge < -0.3 is 9.47 Å². The second-order valence-corrected chi connectivity index (χ2v) is 4.17. The summed E-state index contributed by atoms with van der Waals surface area (Å²) in [5, 5.41) is 3.93. The number of rotatable bonds is 6. The molecule has 0 aromatic carbocycles. The molecule has 0 amide bonds. The van der Waals surface area contributed by atoms with Crippen LogP contribution in [0.4, 0.5) is 13.2 Å². The molecule has 0 aliphatic rings. The first-order valence-electron chi connectivity index (χ1n) is 6.25. The van der Waals surface area contributed by atoms with Crippen molar-refractivity contribution >= 4 is 5.97 Å². The number of carbonyl (C=O) groups excluding carboxylic acids is 1. The summed E-state index contributed by atoms with van der Waals surface area (Å²) in [4.78, 5) is 15.4. The zero-order valence-electron chi connectivity index (χ0n) is 11.3. The molecule has 0 bridgehead atoms. The van der Waals surface area contributed by atoms with E-state index < -0.39 is 18.8 Å². The van der Waals surface area contributed by atoms with Crippen molar-refractivity contribution in [2.75, 3.05) is 13.2 Å². The molecule has 0 fully saturated rings. The molecule has 0 N–H and O–H groups in total. The number of esters is 1. The number of carbonyl (C=O) groups is 1. The summed E-state index contributed by atoms with van der Waals surface area (Å²) in [6.07, 6.45) is -1.18. The SMILES string of the molecule is O=C(OCCn1cccn1)c1cccc(OCC(F)(F)F)n1. The number of hydrogen-bond donors (Lipinski definition) is 0. The molecule has 22 heavy (non-hydrogen) atoms. The molecule has 2 aromatic rings. The smallest absolute Gasteiger partial charge is 0.422 e. The molecule has 0 radical (unpaired) electrons. The minimum Gasteiger partial charge on any atom is -0.468 e. The average Bonchev–Trinajstić information content (AvgIpc) is 2.98. The van der Waals surface area contributed by atoms with Gasteiger partial charge in [-0.05, 0) is 12.1 Å². The quantitative estimate of drug-likeness (QED) is 0.764. The van der Waals surface area contributed by atoms with Crippen LogP contribution in [0.2, 0.25) is 0 Å². The highest BCUT2D eigenvalue weighted by atomic mass is 19.4. The second kappa shape index (κ2) is 6.92. The van der Waals surface area contributed by atoms with Crippen LogP contribution in [-0.4, -0.2) is 40.1 Å². The fraction of sp³-hybridized carbons (Fsp3) is 0.308. The van der Waals surface area contributed by atoms with Gasteiger partial charge in [0.05, 0.1) is 6.54 Å². The van der Waals surface area contributed by atoms with Gasteiger partial charge in [-0.1, -0.05) is 6.07 Å². The lowest BCUT2D eigenvalue weighted by molar-refractivity contribution is -0.154. The molecule has 0 spiro atoms. The Hall–Kier alpha value is -2.58. The van der Waals surface area contributed by atoms with E-state index in [0.29, 0.717) is 6.54 Å². The number of pyridine rings is 1. The van der Waals surface area contributed by atoms with Crippen molar-refractivity contribution in [1.29, 1.82) is 0 Å². The standard InChI is InChI=1S/C13H12F3N3O3/c14-13(15,16)9-22-11-4-1-3-10(18-11)12(20)21-8-7-19-6-2-5-17-19/h1-6H,7-9H2. The van der Waals surface area contributed by atoms with Crippen LogP contribution in [0.3, 0.4) is 0 Å². The first-order chi connectivity index (χ1) is 10.4. The van der Waals surface area contributed by atoms with Crippen LogP contribution >= 0.6 is 0 Å². The van der Waals surface area contributed by atoms with E-state index in [1.165, 1.54) is 18.2 Å². The Morgan fingerprint density at radius 2 is 2.09 bits per heavy atom. The summed E-state index contributed by atoms with van der Waals surface area (Å²) in [5.41, 5.74) is -0.125. The lowest BCUT2D eigenvalue weighted by atomic mass is 10.3. The van der Waals surface area contributed by atoms with E-state index in [9.17, 15) is 18.0 Å². The van der Waals surface area contributed by atoms with Crippen LogP contribution in [0.15, 0.2) is 36.7 Å². The van der Waals surface area contributed by atoms with Crippen LogP contribution in [0.1, 0.15) is 10.5 Å². The molecule has 0 aliphatic heterocycles. The van der Waals surface area contributed by atoms with E-state index in [2.05, 4.69) is 14.8 Å². The Balaban J connectivity index is 1.86. The van der Waals surface area contributed by atoms with Gasteiger partial charge >= 0.3 is 12.1 Å². The fourth-order valence-corrected chi connectivity index (χ4v) is 1.50. The predicted molar refractivity (Wildman–Crippen MR) is 68.3 cm³/mol. The van der Waals surface area contributed by atoms with Crippen molar-refractivity contribution in [3.05, 3.63) is 42.4 Å². The van der Waals surface area contributed by atoms with Crippen molar-refractivity contribution in [2.45, 2.75) is 12.7 Å². The largest absolute Gasteiger partial charge is 0.468 e. The molecular weight excluding hydrogens is 303 g/mol. The van der Waals surface area contributed by atoms with Gasteiger partial charge in [0.1, 0.15) is 6.61 Å². The number of ether oxygens (including phenoxy) is 2. The Labute approximate surface area is 123 Å². The maximum Gasteiger partial charge on any atom is 0.422 e. The first kappa shape index (κ1) is 15.8. The number of aromatic nitrogens is 3. The van der Waals surface area contributed by atoms with Gasteiger partial charge in [-0.15, -0.1) is 0 Å². The Bertz CT molecular complexity index is 614. The van der Waals surface area contributed by atoms with Gasteiger partial charge in [0.15, 0.2) is 12.3 Å². The van der Waals surface area contributed by atoms with E-state index >= 15 is 0 Å². The van der Waals surface area contributed by atoms with Gasteiger partial charge in [-0.2, -0.15) is 18.3 Å². The maximum atomic E-state index is 12.0. The number of alkyl halides is 3. The van der Waals surface area contributed by atoms with E-state index in [1.54, 1.807) is 23.1 Å². The lowest BCUT2D eigenvalue weighted by Gasteiger charge is -2.09. The summed E-state index contributed by atoms with van der Waals surface area (Å²) in [6.45, 7) is -1.05. The van der Waals surface area contributed by atoms with Crippen LogP contribution in [0.5, 0.6) is 5.88 Å². The normalized spacial score (nSPS) is 11.2. The van der Waals surface area contributed by atoms with Crippen molar-refractivity contribution in [1.82, 2.24) is 14.8 Å². The molecule has 2 rings (SSSR count). The van der Waals surface area contributed by atoms with E-state index in [0.717, 1.165) is 0 Å². The molecule has 9 heteroatoms. The minimum absolute atomic E-state index is 0.0653. The molecule has 0 saturated heterocycles. The van der Waals surface area contributed by atoms with E-state index in [4.69, 9.17) is 4.74 Å². The second-order valence-electron chi connectivity index (χ2n) is 4.17. The summed E-state index contributed by atoms with van der Waals surface area (Å²) < 4.78 is 47.1. The molecule has 0 saturated carbocycles. The van der Waals surface area contributed by atoms with Gasteiger partial charge in [-0.25, -0.2) is 9.78 Å². The highest BCUT2D eigenvalue weighted by molar-refractivity contribution is 5.87. The predicted octanol–water partition coefficient (Wildman–Crippen LogP) is 2.08. The third-order valence-electron chi connectivity index (χ3n) is 2.43. The highest BCUT2D eigenvalue weighted by Crippen LogP contribution is 2.17. The van der Waals surface area contributed by atoms with Crippen LogP contribution in [0.25, 0.3) is 0 Å².